The van der Waals surface area contributed by atoms with Gasteiger partial charge in [0.25, 0.3) is 0 Å². The summed E-state index contributed by atoms with van der Waals surface area (Å²) in [5.74, 6) is 0.756. The first-order valence-electron chi connectivity index (χ1n) is 7.71. The number of nitrogens with two attached hydrogens (primary N) is 1. The number of hydrogen-bond donors (Lipinski definition) is 1. The lowest BCUT2D eigenvalue weighted by molar-refractivity contribution is 0.0205. The third-order valence-electron chi connectivity index (χ3n) is 3.84. The Bertz CT molecular complexity index is 525. The van der Waals surface area contributed by atoms with E-state index in [0.29, 0.717) is 6.54 Å². The summed E-state index contributed by atoms with van der Waals surface area (Å²) < 4.78 is 10.9. The Morgan fingerprint density at radius 3 is 2.68 bits per heavy atom. The van der Waals surface area contributed by atoms with Gasteiger partial charge >= 0.3 is 6.09 Å². The van der Waals surface area contributed by atoms with E-state index in [4.69, 9.17) is 15.2 Å². The Morgan fingerprint density at radius 2 is 2.05 bits per heavy atom. The molecule has 2 unspecified atom stereocenters. The van der Waals surface area contributed by atoms with Crippen molar-refractivity contribution in [2.75, 3.05) is 13.7 Å². The van der Waals surface area contributed by atoms with E-state index in [1.165, 1.54) is 0 Å². The van der Waals surface area contributed by atoms with Crippen molar-refractivity contribution in [1.29, 1.82) is 0 Å². The molecule has 2 rings (SSSR count). The topological polar surface area (TPSA) is 64.8 Å². The van der Waals surface area contributed by atoms with E-state index in [2.05, 4.69) is 0 Å². The average Bonchev–Trinajstić information content (AvgIpc) is 2.94. The number of carbonyl (C=O) groups is 1. The predicted octanol–water partition coefficient (Wildman–Crippen LogP) is 3.09. The first-order chi connectivity index (χ1) is 10.3. The minimum absolute atomic E-state index is 0.0638. The van der Waals surface area contributed by atoms with Gasteiger partial charge in [-0.05, 0) is 39.7 Å². The van der Waals surface area contributed by atoms with Crippen molar-refractivity contribution in [1.82, 2.24) is 4.90 Å². The fraction of sp³-hybridized carbons (Fsp3) is 0.588. The monoisotopic (exact) mass is 306 g/mol. The van der Waals surface area contributed by atoms with Gasteiger partial charge in [0.2, 0.25) is 0 Å². The summed E-state index contributed by atoms with van der Waals surface area (Å²) in [5.41, 5.74) is 6.86. The lowest BCUT2D eigenvalue weighted by Gasteiger charge is -2.32. The van der Waals surface area contributed by atoms with Crippen LogP contribution >= 0.6 is 0 Å². The molecule has 1 aromatic carbocycles. The van der Waals surface area contributed by atoms with Gasteiger partial charge in [0, 0.05) is 12.1 Å². The van der Waals surface area contributed by atoms with Crippen LogP contribution in [0, 0.1) is 0 Å². The van der Waals surface area contributed by atoms with Crippen LogP contribution in [0.15, 0.2) is 24.3 Å². The van der Waals surface area contributed by atoms with E-state index < -0.39 is 5.60 Å². The Morgan fingerprint density at radius 1 is 1.36 bits per heavy atom. The number of amides is 1. The Labute approximate surface area is 132 Å². The number of likely N-dealkylation sites (tertiary alicyclic amines) is 1. The van der Waals surface area contributed by atoms with Crippen LogP contribution in [0.4, 0.5) is 4.79 Å². The molecule has 1 fully saturated rings. The van der Waals surface area contributed by atoms with E-state index >= 15 is 0 Å². The Balaban J connectivity index is 2.18. The Hall–Kier alpha value is -1.75. The summed E-state index contributed by atoms with van der Waals surface area (Å²) in [6, 6.07) is 7.34. The number of methoxy groups -OCH3 is 1. The van der Waals surface area contributed by atoms with Crippen molar-refractivity contribution < 1.29 is 14.3 Å². The van der Waals surface area contributed by atoms with Gasteiger partial charge in [0.05, 0.1) is 19.2 Å². The summed E-state index contributed by atoms with van der Waals surface area (Å²) in [6.45, 7) is 6.30. The van der Waals surface area contributed by atoms with Crippen LogP contribution in [0.3, 0.4) is 0 Å². The van der Waals surface area contributed by atoms with Gasteiger partial charge in [-0.25, -0.2) is 4.79 Å². The maximum absolute atomic E-state index is 12.4. The molecule has 1 aliphatic heterocycles. The second-order valence-corrected chi connectivity index (χ2v) is 6.65. The largest absolute Gasteiger partial charge is 0.496 e. The molecule has 2 N–H and O–H groups in total. The van der Waals surface area contributed by atoms with E-state index in [-0.39, 0.29) is 18.2 Å². The minimum Gasteiger partial charge on any atom is -0.496 e. The molecule has 5 nitrogen and oxygen atoms in total. The molecule has 22 heavy (non-hydrogen) atoms. The van der Waals surface area contributed by atoms with Crippen LogP contribution < -0.4 is 10.5 Å². The maximum atomic E-state index is 12.4. The molecule has 2 atom stereocenters. The highest BCUT2D eigenvalue weighted by molar-refractivity contribution is 5.69. The number of hydrogen-bond acceptors (Lipinski definition) is 4. The third kappa shape index (κ3) is 3.71. The first-order valence-corrected chi connectivity index (χ1v) is 7.71. The normalized spacial score (nSPS) is 19.9. The smallest absolute Gasteiger partial charge is 0.410 e. The molecule has 1 saturated heterocycles. The van der Waals surface area contributed by atoms with Crippen LogP contribution in [-0.4, -0.2) is 36.3 Å². The highest BCUT2D eigenvalue weighted by Crippen LogP contribution is 2.33. The van der Waals surface area contributed by atoms with Gasteiger partial charge in [-0.1, -0.05) is 18.2 Å². The highest BCUT2D eigenvalue weighted by atomic mass is 16.6. The van der Waals surface area contributed by atoms with E-state index in [0.717, 1.165) is 24.2 Å². The first kappa shape index (κ1) is 16.6. The van der Waals surface area contributed by atoms with Gasteiger partial charge < -0.3 is 20.1 Å². The second-order valence-electron chi connectivity index (χ2n) is 6.65. The zero-order valence-electron chi connectivity index (χ0n) is 13.8. The molecule has 0 radical (unpaired) electrons. The van der Waals surface area contributed by atoms with Crippen molar-refractivity contribution in [2.45, 2.75) is 51.3 Å². The second kappa shape index (κ2) is 6.57. The molecule has 1 amide bonds. The standard InChI is InChI=1S/C17H26N2O3/c1-17(2,3)22-16(20)19-11-7-9-13(19)15(18)12-8-5-6-10-14(12)21-4/h5-6,8,10,13,15H,7,9,11,18H2,1-4H3. The van der Waals surface area contributed by atoms with Gasteiger partial charge in [-0.2, -0.15) is 0 Å². The fourth-order valence-electron chi connectivity index (χ4n) is 2.86. The van der Waals surface area contributed by atoms with Crippen LogP contribution in [0.1, 0.15) is 45.2 Å². The lowest BCUT2D eigenvalue weighted by Crippen LogP contribution is -2.44. The number of ether oxygens (including phenoxy) is 2. The van der Waals surface area contributed by atoms with Gasteiger partial charge in [0.15, 0.2) is 0 Å². The van der Waals surface area contributed by atoms with Gasteiger partial charge in [0.1, 0.15) is 11.4 Å². The lowest BCUT2D eigenvalue weighted by atomic mass is 9.97. The molecule has 1 aromatic rings. The molecule has 122 valence electrons. The number of rotatable bonds is 3. The number of benzene rings is 1. The van der Waals surface area contributed by atoms with Crippen LogP contribution in [0.25, 0.3) is 0 Å². The summed E-state index contributed by atoms with van der Waals surface area (Å²) in [6.07, 6.45) is 1.52. The zero-order valence-corrected chi connectivity index (χ0v) is 13.8. The molecule has 1 heterocycles. The molecule has 0 saturated carbocycles. The number of para-hydroxylation sites is 1. The van der Waals surface area contributed by atoms with Crippen LogP contribution in [0.5, 0.6) is 5.75 Å². The average molecular weight is 306 g/mol. The molecule has 1 aliphatic rings. The molecular weight excluding hydrogens is 280 g/mol. The SMILES string of the molecule is COc1ccccc1C(N)C1CCCN1C(=O)OC(C)(C)C. The fourth-order valence-corrected chi connectivity index (χ4v) is 2.86. The zero-order chi connectivity index (χ0) is 16.3. The van der Waals surface area contributed by atoms with Crippen molar-refractivity contribution in [2.24, 2.45) is 5.73 Å². The predicted molar refractivity (Wildman–Crippen MR) is 85.9 cm³/mol. The molecule has 0 spiro atoms. The van der Waals surface area contributed by atoms with Crippen LogP contribution in [0.2, 0.25) is 0 Å². The highest BCUT2D eigenvalue weighted by Gasteiger charge is 2.36. The quantitative estimate of drug-likeness (QED) is 0.932. The number of carbonyl (C=O) groups excluding carboxylic acids is 1. The van der Waals surface area contributed by atoms with E-state index in [1.807, 2.05) is 45.0 Å². The van der Waals surface area contributed by atoms with Gasteiger partial charge in [-0.3, -0.25) is 0 Å². The van der Waals surface area contributed by atoms with Crippen molar-refractivity contribution in [3.63, 3.8) is 0 Å². The summed E-state index contributed by atoms with van der Waals surface area (Å²) in [7, 11) is 1.63. The molecule has 0 aromatic heterocycles. The van der Waals surface area contributed by atoms with E-state index in [1.54, 1.807) is 12.0 Å². The minimum atomic E-state index is -0.501. The van der Waals surface area contributed by atoms with E-state index in [9.17, 15) is 4.79 Å². The maximum Gasteiger partial charge on any atom is 0.410 e. The van der Waals surface area contributed by atoms with Crippen molar-refractivity contribution in [3.05, 3.63) is 29.8 Å². The summed E-state index contributed by atoms with van der Waals surface area (Å²) in [4.78, 5) is 14.1. The van der Waals surface area contributed by atoms with Crippen LogP contribution in [-0.2, 0) is 4.74 Å². The van der Waals surface area contributed by atoms with Crippen molar-refractivity contribution >= 4 is 6.09 Å². The molecular formula is C17H26N2O3. The summed E-state index contributed by atoms with van der Waals surface area (Å²) >= 11 is 0. The molecule has 5 heteroatoms. The number of nitrogens with zero attached hydrogens (tertiary/aromatic N) is 1. The van der Waals surface area contributed by atoms with Gasteiger partial charge in [-0.15, -0.1) is 0 Å². The van der Waals surface area contributed by atoms with Crippen molar-refractivity contribution in [3.8, 4) is 5.75 Å². The molecule has 0 aliphatic carbocycles. The molecule has 0 bridgehead atoms. The Kier molecular flexibility index (Phi) is 4.96. The summed E-state index contributed by atoms with van der Waals surface area (Å²) in [5, 5.41) is 0. The third-order valence-corrected chi connectivity index (χ3v) is 3.84.